The second kappa shape index (κ2) is 7.73. The summed E-state index contributed by atoms with van der Waals surface area (Å²) in [6.07, 6.45) is 13.2. The number of terminal acetylenes is 1. The summed E-state index contributed by atoms with van der Waals surface area (Å²) in [5.41, 5.74) is 0. The molecule has 1 aliphatic rings. The Hall–Kier alpha value is -0.520. The van der Waals surface area contributed by atoms with E-state index in [0.29, 0.717) is 6.10 Å². The lowest BCUT2D eigenvalue weighted by Crippen LogP contribution is -2.26. The third-order valence-corrected chi connectivity index (χ3v) is 2.70. The van der Waals surface area contributed by atoms with E-state index >= 15 is 0 Å². The van der Waals surface area contributed by atoms with Gasteiger partial charge in [0.25, 0.3) is 0 Å². The predicted molar refractivity (Wildman–Crippen MR) is 61.4 cm³/mol. The van der Waals surface area contributed by atoms with Crippen LogP contribution in [0.3, 0.4) is 0 Å². The maximum Gasteiger partial charge on any atom is 0.157 e. The summed E-state index contributed by atoms with van der Waals surface area (Å²) < 4.78 is 11.3. The number of rotatable bonds is 6. The van der Waals surface area contributed by atoms with Gasteiger partial charge in [0.15, 0.2) is 6.29 Å². The Kier molecular flexibility index (Phi) is 6.47. The number of unbranched alkanes of at least 4 members (excludes halogenated alkanes) is 2. The summed E-state index contributed by atoms with van der Waals surface area (Å²) in [5, 5.41) is 0. The van der Waals surface area contributed by atoms with Gasteiger partial charge in [-0.1, -0.05) is 0 Å². The van der Waals surface area contributed by atoms with E-state index < -0.39 is 0 Å². The largest absolute Gasteiger partial charge is 0.353 e. The van der Waals surface area contributed by atoms with Crippen LogP contribution in [0.1, 0.15) is 51.9 Å². The molecular weight excluding hydrogens is 188 g/mol. The van der Waals surface area contributed by atoms with Crippen LogP contribution in [0.25, 0.3) is 0 Å². The molecule has 2 unspecified atom stereocenters. The van der Waals surface area contributed by atoms with Crippen LogP contribution in [-0.4, -0.2) is 19.0 Å². The van der Waals surface area contributed by atoms with Gasteiger partial charge in [-0.15, -0.1) is 12.3 Å². The molecule has 1 rings (SSSR count). The van der Waals surface area contributed by atoms with Crippen LogP contribution in [-0.2, 0) is 9.47 Å². The maximum atomic E-state index is 5.80. The van der Waals surface area contributed by atoms with E-state index in [1.54, 1.807) is 0 Å². The van der Waals surface area contributed by atoms with Crippen molar-refractivity contribution in [2.75, 3.05) is 6.61 Å². The molecule has 0 aromatic rings. The minimum Gasteiger partial charge on any atom is -0.353 e. The fourth-order valence-corrected chi connectivity index (χ4v) is 1.80. The normalized spacial score (nSPS) is 23.3. The van der Waals surface area contributed by atoms with Gasteiger partial charge in [0.05, 0.1) is 6.10 Å². The van der Waals surface area contributed by atoms with Gasteiger partial charge in [-0.2, -0.15) is 0 Å². The monoisotopic (exact) mass is 210 g/mol. The van der Waals surface area contributed by atoms with Crippen LogP contribution < -0.4 is 0 Å². The van der Waals surface area contributed by atoms with Crippen molar-refractivity contribution in [2.24, 2.45) is 0 Å². The van der Waals surface area contributed by atoms with E-state index in [1.165, 1.54) is 12.8 Å². The molecule has 15 heavy (non-hydrogen) atoms. The Morgan fingerprint density at radius 2 is 2.33 bits per heavy atom. The molecule has 0 bridgehead atoms. The van der Waals surface area contributed by atoms with Crippen molar-refractivity contribution in [3.8, 4) is 12.3 Å². The average molecular weight is 210 g/mol. The van der Waals surface area contributed by atoms with Gasteiger partial charge in [0, 0.05) is 13.0 Å². The van der Waals surface area contributed by atoms with Crippen molar-refractivity contribution >= 4 is 0 Å². The van der Waals surface area contributed by atoms with Gasteiger partial charge in [0.2, 0.25) is 0 Å². The molecule has 0 amide bonds. The fourth-order valence-electron chi connectivity index (χ4n) is 1.80. The average Bonchev–Trinajstić information content (AvgIpc) is 2.26. The van der Waals surface area contributed by atoms with E-state index in [-0.39, 0.29) is 6.29 Å². The number of hydrogen-bond acceptors (Lipinski definition) is 2. The zero-order chi connectivity index (χ0) is 10.9. The summed E-state index contributed by atoms with van der Waals surface area (Å²) in [6.45, 7) is 2.97. The van der Waals surface area contributed by atoms with E-state index in [2.05, 4.69) is 12.8 Å². The summed E-state index contributed by atoms with van der Waals surface area (Å²) >= 11 is 0. The predicted octanol–water partition coefficient (Wildman–Crippen LogP) is 3.11. The first-order valence-electron chi connectivity index (χ1n) is 6.03. The van der Waals surface area contributed by atoms with Gasteiger partial charge in [-0.3, -0.25) is 0 Å². The SMILES string of the molecule is C#CCCCCC(C)OC1CCCCO1. The van der Waals surface area contributed by atoms with E-state index in [1.807, 2.05) is 0 Å². The van der Waals surface area contributed by atoms with Crippen molar-refractivity contribution in [2.45, 2.75) is 64.3 Å². The first-order chi connectivity index (χ1) is 7.33. The highest BCUT2D eigenvalue weighted by Gasteiger charge is 2.16. The van der Waals surface area contributed by atoms with Gasteiger partial charge < -0.3 is 9.47 Å². The minimum atomic E-state index is 0.0429. The Morgan fingerprint density at radius 3 is 3.00 bits per heavy atom. The molecule has 1 heterocycles. The van der Waals surface area contributed by atoms with Crippen LogP contribution in [0.2, 0.25) is 0 Å². The second-order valence-corrected chi connectivity index (χ2v) is 4.19. The molecule has 86 valence electrons. The van der Waals surface area contributed by atoms with E-state index in [0.717, 1.165) is 38.7 Å². The lowest BCUT2D eigenvalue weighted by Gasteiger charge is -2.26. The van der Waals surface area contributed by atoms with Gasteiger partial charge in [0.1, 0.15) is 0 Å². The third kappa shape index (κ3) is 5.81. The molecule has 0 aromatic heterocycles. The summed E-state index contributed by atoms with van der Waals surface area (Å²) in [6, 6.07) is 0. The Balaban J connectivity index is 2.01. The van der Waals surface area contributed by atoms with Gasteiger partial charge in [-0.05, 0) is 45.4 Å². The molecule has 0 spiro atoms. The smallest absolute Gasteiger partial charge is 0.157 e. The highest BCUT2D eigenvalue weighted by Crippen LogP contribution is 2.17. The molecule has 1 saturated heterocycles. The van der Waals surface area contributed by atoms with Gasteiger partial charge >= 0.3 is 0 Å². The topological polar surface area (TPSA) is 18.5 Å². The summed E-state index contributed by atoms with van der Waals surface area (Å²) in [4.78, 5) is 0. The molecule has 0 N–H and O–H groups in total. The first-order valence-corrected chi connectivity index (χ1v) is 6.03. The van der Waals surface area contributed by atoms with Crippen LogP contribution >= 0.6 is 0 Å². The molecule has 2 nitrogen and oxygen atoms in total. The van der Waals surface area contributed by atoms with Crippen molar-refractivity contribution in [1.29, 1.82) is 0 Å². The molecule has 0 radical (unpaired) electrons. The Bertz CT molecular complexity index is 189. The van der Waals surface area contributed by atoms with Crippen LogP contribution in [0, 0.1) is 12.3 Å². The van der Waals surface area contributed by atoms with Crippen LogP contribution in [0.4, 0.5) is 0 Å². The van der Waals surface area contributed by atoms with Crippen LogP contribution in [0.15, 0.2) is 0 Å². The quantitative estimate of drug-likeness (QED) is 0.495. The third-order valence-electron chi connectivity index (χ3n) is 2.70. The lowest BCUT2D eigenvalue weighted by atomic mass is 10.1. The molecule has 1 aliphatic heterocycles. The highest BCUT2D eigenvalue weighted by molar-refractivity contribution is 4.82. The highest BCUT2D eigenvalue weighted by atomic mass is 16.7. The minimum absolute atomic E-state index is 0.0429. The summed E-state index contributed by atoms with van der Waals surface area (Å²) in [7, 11) is 0. The van der Waals surface area contributed by atoms with Crippen LogP contribution in [0.5, 0.6) is 0 Å². The number of ether oxygens (including phenoxy) is 2. The zero-order valence-corrected chi connectivity index (χ0v) is 9.71. The van der Waals surface area contributed by atoms with Crippen molar-refractivity contribution < 1.29 is 9.47 Å². The van der Waals surface area contributed by atoms with E-state index in [9.17, 15) is 0 Å². The summed E-state index contributed by atoms with van der Waals surface area (Å²) in [5.74, 6) is 2.66. The molecule has 1 fully saturated rings. The molecule has 2 heteroatoms. The van der Waals surface area contributed by atoms with Crippen molar-refractivity contribution in [1.82, 2.24) is 0 Å². The van der Waals surface area contributed by atoms with Gasteiger partial charge in [-0.25, -0.2) is 0 Å². The standard InChI is InChI=1S/C13H22O2/c1-3-4-5-6-9-12(2)15-13-10-7-8-11-14-13/h1,12-13H,4-11H2,2H3. The second-order valence-electron chi connectivity index (χ2n) is 4.19. The molecular formula is C13H22O2. The molecule has 0 aromatic carbocycles. The van der Waals surface area contributed by atoms with Crippen molar-refractivity contribution in [3.63, 3.8) is 0 Å². The molecule has 0 aliphatic carbocycles. The Morgan fingerprint density at radius 1 is 1.47 bits per heavy atom. The number of hydrogen-bond donors (Lipinski definition) is 0. The first kappa shape index (κ1) is 12.5. The van der Waals surface area contributed by atoms with Crippen molar-refractivity contribution in [3.05, 3.63) is 0 Å². The maximum absolute atomic E-state index is 5.80. The zero-order valence-electron chi connectivity index (χ0n) is 9.71. The molecule has 2 atom stereocenters. The Labute approximate surface area is 93.3 Å². The molecule has 0 saturated carbocycles. The van der Waals surface area contributed by atoms with E-state index in [4.69, 9.17) is 15.9 Å². The fraction of sp³-hybridized carbons (Fsp3) is 0.846. The lowest BCUT2D eigenvalue weighted by molar-refractivity contribution is -0.185.